The number of carbonyl (C=O) groups is 1. The largest absolute Gasteiger partial charge is 0.325 e. The number of hydrogen-bond acceptors (Lipinski definition) is 6. The molecule has 2 N–H and O–H groups in total. The Morgan fingerprint density at radius 3 is 2.43 bits per heavy atom. The van der Waals surface area contributed by atoms with E-state index < -0.39 is 10.0 Å². The van der Waals surface area contributed by atoms with Gasteiger partial charge in [0, 0.05) is 30.5 Å². The second kappa shape index (κ2) is 9.97. The van der Waals surface area contributed by atoms with Crippen LogP contribution in [0.25, 0.3) is 27.8 Å². The first-order valence-corrected chi connectivity index (χ1v) is 13.9. The van der Waals surface area contributed by atoms with Crippen LogP contribution in [0.1, 0.15) is 0 Å². The van der Waals surface area contributed by atoms with Gasteiger partial charge in [-0.1, -0.05) is 24.3 Å². The first-order chi connectivity index (χ1) is 17.6. The smallest absolute Gasteiger partial charge is 0.238 e. The molecule has 0 atom stereocenters. The van der Waals surface area contributed by atoms with E-state index in [0.717, 1.165) is 52.9 Å². The molecule has 0 radical (unpaired) electrons. The Bertz CT molecular complexity index is 1540. The van der Waals surface area contributed by atoms with Gasteiger partial charge in [-0.3, -0.25) is 19.0 Å². The number of benzene rings is 3. The predicted molar refractivity (Wildman–Crippen MR) is 148 cm³/mol. The summed E-state index contributed by atoms with van der Waals surface area (Å²) in [6, 6.07) is 21.5. The number of aromatic nitrogens is 2. The van der Waals surface area contributed by atoms with Gasteiger partial charge in [0.25, 0.3) is 0 Å². The van der Waals surface area contributed by atoms with E-state index in [9.17, 15) is 13.2 Å². The van der Waals surface area contributed by atoms with E-state index in [1.54, 1.807) is 24.5 Å². The molecule has 37 heavy (non-hydrogen) atoms. The van der Waals surface area contributed by atoms with Crippen molar-refractivity contribution >= 4 is 38.3 Å². The number of imidazole rings is 1. The molecule has 1 aliphatic heterocycles. The highest BCUT2D eigenvalue weighted by atomic mass is 32.2. The summed E-state index contributed by atoms with van der Waals surface area (Å²) in [4.78, 5) is 21.2. The van der Waals surface area contributed by atoms with Gasteiger partial charge in [0.15, 0.2) is 0 Å². The zero-order chi connectivity index (χ0) is 26.2. The number of anilines is 2. The Morgan fingerprint density at radius 1 is 1.00 bits per heavy atom. The van der Waals surface area contributed by atoms with E-state index in [4.69, 9.17) is 0 Å². The van der Waals surface area contributed by atoms with Crippen molar-refractivity contribution < 1.29 is 13.2 Å². The van der Waals surface area contributed by atoms with Crippen LogP contribution in [0.4, 0.5) is 11.4 Å². The Hall–Kier alpha value is -3.73. The highest BCUT2D eigenvalue weighted by Crippen LogP contribution is 2.28. The number of nitrogens with one attached hydrogen (secondary N) is 2. The molecule has 9 nitrogen and oxygen atoms in total. The molecule has 1 amide bonds. The van der Waals surface area contributed by atoms with Crippen LogP contribution in [-0.2, 0) is 14.8 Å². The minimum atomic E-state index is -3.37. The zero-order valence-electron chi connectivity index (χ0n) is 21.0. The molecular formula is C27H30N6O3S. The molecule has 1 aliphatic rings. The van der Waals surface area contributed by atoms with Crippen LogP contribution in [0, 0.1) is 0 Å². The topological polar surface area (TPSA) is 99.6 Å². The molecule has 0 bridgehead atoms. The minimum absolute atomic E-state index is 0.0112. The van der Waals surface area contributed by atoms with Gasteiger partial charge in [0.2, 0.25) is 15.9 Å². The number of carbonyl (C=O) groups excluding carboxylic acids is 1. The fraction of sp³-hybridized carbons (Fsp3) is 0.259. The molecule has 1 fully saturated rings. The Balaban J connectivity index is 1.31. The summed E-state index contributed by atoms with van der Waals surface area (Å²) in [5.41, 5.74) is 5.80. The molecule has 2 heterocycles. The number of sulfonamides is 1. The second-order valence-electron chi connectivity index (χ2n) is 9.68. The van der Waals surface area contributed by atoms with Gasteiger partial charge in [-0.15, -0.1) is 0 Å². The summed E-state index contributed by atoms with van der Waals surface area (Å²) in [6.45, 7) is 2.22. The zero-order valence-corrected chi connectivity index (χ0v) is 21.9. The Morgan fingerprint density at radius 2 is 1.73 bits per heavy atom. The van der Waals surface area contributed by atoms with Crippen molar-refractivity contribution in [3.05, 3.63) is 73.1 Å². The number of hydrogen-bond donors (Lipinski definition) is 2. The van der Waals surface area contributed by atoms with E-state index in [0.29, 0.717) is 18.3 Å². The number of likely N-dealkylation sites (N-methyl/N-ethyl adjacent to an activating group) is 1. The van der Waals surface area contributed by atoms with Crippen LogP contribution in [0.15, 0.2) is 73.1 Å². The minimum Gasteiger partial charge on any atom is -0.325 e. The molecule has 10 heteroatoms. The Labute approximate surface area is 216 Å². The number of rotatable bonds is 8. The summed E-state index contributed by atoms with van der Waals surface area (Å²) >= 11 is 0. The van der Waals surface area contributed by atoms with Crippen LogP contribution in [0.2, 0.25) is 0 Å². The van der Waals surface area contributed by atoms with Crippen LogP contribution in [0.3, 0.4) is 0 Å². The second-order valence-corrected chi connectivity index (χ2v) is 11.4. The van der Waals surface area contributed by atoms with E-state index in [-0.39, 0.29) is 5.91 Å². The lowest BCUT2D eigenvalue weighted by molar-refractivity contribution is -0.119. The van der Waals surface area contributed by atoms with Crippen molar-refractivity contribution in [1.29, 1.82) is 0 Å². The fourth-order valence-corrected chi connectivity index (χ4v) is 5.03. The maximum Gasteiger partial charge on any atom is 0.238 e. The first-order valence-electron chi connectivity index (χ1n) is 12.0. The summed E-state index contributed by atoms with van der Waals surface area (Å²) in [5.74, 6) is -0.0112. The summed E-state index contributed by atoms with van der Waals surface area (Å²) in [7, 11) is 0.749. The van der Waals surface area contributed by atoms with Gasteiger partial charge in [-0.25, -0.2) is 13.4 Å². The van der Waals surface area contributed by atoms with Gasteiger partial charge >= 0.3 is 0 Å². The average molecular weight is 519 g/mol. The third kappa shape index (κ3) is 5.82. The number of nitrogens with zero attached hydrogens (tertiary/aromatic N) is 4. The standard InChI is InChI=1S/C27H30N6O3S/c1-31(2)24-15-32(16-24)17-27(34)29-21-10-7-19(8-11-21)20-9-12-25-26(13-20)33(18-28-25)23-6-4-5-22(14-23)30-37(3,35)36/h4-14,18,24,30H,15-17H2,1-3H3,(H,29,34). The lowest BCUT2D eigenvalue weighted by Gasteiger charge is -2.42. The molecular weight excluding hydrogens is 488 g/mol. The van der Waals surface area contributed by atoms with Crippen molar-refractivity contribution in [3.63, 3.8) is 0 Å². The lowest BCUT2D eigenvalue weighted by Crippen LogP contribution is -2.58. The van der Waals surface area contributed by atoms with Crippen LogP contribution >= 0.6 is 0 Å². The number of likely N-dealkylation sites (tertiary alicyclic amines) is 1. The normalized spacial score (nSPS) is 14.6. The molecule has 0 aliphatic carbocycles. The number of fused-ring (bicyclic) bond motifs is 1. The quantitative estimate of drug-likeness (QED) is 0.372. The van der Waals surface area contributed by atoms with Gasteiger partial charge in [0.1, 0.15) is 6.33 Å². The van der Waals surface area contributed by atoms with Crippen molar-refractivity contribution in [1.82, 2.24) is 19.4 Å². The first kappa shape index (κ1) is 24.9. The third-order valence-electron chi connectivity index (χ3n) is 6.51. The van der Waals surface area contributed by atoms with Crippen molar-refractivity contribution in [2.75, 3.05) is 50.0 Å². The summed E-state index contributed by atoms with van der Waals surface area (Å²) in [5, 5.41) is 2.98. The molecule has 1 saturated heterocycles. The Kier molecular flexibility index (Phi) is 6.72. The van der Waals surface area contributed by atoms with Crippen LogP contribution in [0.5, 0.6) is 0 Å². The van der Waals surface area contributed by atoms with E-state index in [1.807, 2.05) is 47.0 Å². The van der Waals surface area contributed by atoms with E-state index >= 15 is 0 Å². The van der Waals surface area contributed by atoms with Crippen LogP contribution < -0.4 is 10.0 Å². The SMILES string of the molecule is CN(C)C1CN(CC(=O)Nc2ccc(-c3ccc4ncn(-c5cccc(NS(C)(=O)=O)c5)c4c3)cc2)C1. The van der Waals surface area contributed by atoms with Crippen LogP contribution in [-0.4, -0.2) is 79.7 Å². The average Bonchev–Trinajstić information content (AvgIpc) is 3.24. The van der Waals surface area contributed by atoms with E-state index in [2.05, 4.69) is 45.0 Å². The van der Waals surface area contributed by atoms with Gasteiger partial charge in [-0.2, -0.15) is 0 Å². The van der Waals surface area contributed by atoms with Gasteiger partial charge in [-0.05, 0) is 67.7 Å². The molecule has 0 unspecified atom stereocenters. The van der Waals surface area contributed by atoms with Crippen molar-refractivity contribution in [3.8, 4) is 16.8 Å². The maximum atomic E-state index is 12.4. The van der Waals surface area contributed by atoms with Crippen molar-refractivity contribution in [2.45, 2.75) is 6.04 Å². The third-order valence-corrected chi connectivity index (χ3v) is 7.12. The van der Waals surface area contributed by atoms with Crippen molar-refractivity contribution in [2.24, 2.45) is 0 Å². The molecule has 192 valence electrons. The fourth-order valence-electron chi connectivity index (χ4n) is 4.47. The highest BCUT2D eigenvalue weighted by Gasteiger charge is 2.29. The monoisotopic (exact) mass is 518 g/mol. The van der Waals surface area contributed by atoms with Gasteiger partial charge in [0.05, 0.1) is 29.5 Å². The summed E-state index contributed by atoms with van der Waals surface area (Å²) in [6.07, 6.45) is 2.85. The van der Waals surface area contributed by atoms with Gasteiger partial charge < -0.3 is 10.2 Å². The summed E-state index contributed by atoms with van der Waals surface area (Å²) < 4.78 is 27.7. The highest BCUT2D eigenvalue weighted by molar-refractivity contribution is 7.92. The molecule has 1 aromatic heterocycles. The predicted octanol–water partition coefficient (Wildman–Crippen LogP) is 3.25. The molecule has 5 rings (SSSR count). The molecule has 0 saturated carbocycles. The maximum absolute atomic E-state index is 12.4. The number of amides is 1. The molecule has 3 aromatic carbocycles. The molecule has 4 aromatic rings. The lowest BCUT2D eigenvalue weighted by atomic mass is 10.0. The van der Waals surface area contributed by atoms with E-state index in [1.165, 1.54) is 0 Å². The molecule has 0 spiro atoms.